The number of primary amides is 1. The van der Waals surface area contributed by atoms with Crippen molar-refractivity contribution >= 4 is 33.8 Å². The molecule has 3 amide bonds. The van der Waals surface area contributed by atoms with Gasteiger partial charge in [-0.25, -0.2) is 9.78 Å². The van der Waals surface area contributed by atoms with Crippen LogP contribution in [0.25, 0.3) is 0 Å². The highest BCUT2D eigenvalue weighted by atomic mass is 79.9. The highest BCUT2D eigenvalue weighted by molar-refractivity contribution is 9.10. The average Bonchev–Trinajstić information content (AvgIpc) is 2.87. The largest absolute Gasteiger partial charge is 0.445 e. The number of nitrogens with one attached hydrogen (secondary N) is 1. The molecule has 9 heteroatoms. The van der Waals surface area contributed by atoms with E-state index in [1.165, 1.54) is 4.90 Å². The van der Waals surface area contributed by atoms with Gasteiger partial charge in [-0.3, -0.25) is 14.5 Å². The molecule has 180 valence electrons. The van der Waals surface area contributed by atoms with Crippen molar-refractivity contribution in [3.63, 3.8) is 0 Å². The van der Waals surface area contributed by atoms with Crippen LogP contribution in [0.2, 0.25) is 0 Å². The molecule has 0 spiro atoms. The molecule has 2 atom stereocenters. The molecule has 3 N–H and O–H groups in total. The molecular formula is C26H25BrN4O4. The fourth-order valence-electron chi connectivity index (χ4n) is 4.03. The Morgan fingerprint density at radius 1 is 1.06 bits per heavy atom. The summed E-state index contributed by atoms with van der Waals surface area (Å²) in [6.07, 6.45) is 1.47. The standard InChI is InChI=1S/C26H25BrN4O4/c27-23-19(11-6-12-29-23)13-21(24(28)32)30-25(33)22-14-18-9-4-5-10-20(18)15-31(22)26(34)35-16-17-7-2-1-3-8-17/h1-12,21-22H,13-16H2,(H2,28,32)(H,30,33)/t21-,22+/m1/s1. The van der Waals surface area contributed by atoms with Gasteiger partial charge >= 0.3 is 6.09 Å². The van der Waals surface area contributed by atoms with Gasteiger partial charge in [0.05, 0.1) is 6.54 Å². The Morgan fingerprint density at radius 3 is 2.49 bits per heavy atom. The molecule has 3 aromatic rings. The van der Waals surface area contributed by atoms with E-state index in [9.17, 15) is 14.4 Å². The number of rotatable bonds is 7. The molecule has 0 saturated carbocycles. The van der Waals surface area contributed by atoms with Gasteiger partial charge < -0.3 is 15.8 Å². The van der Waals surface area contributed by atoms with Crippen LogP contribution in [-0.2, 0) is 40.3 Å². The minimum Gasteiger partial charge on any atom is -0.445 e. The average molecular weight is 537 g/mol. The Morgan fingerprint density at radius 2 is 1.77 bits per heavy atom. The first-order valence-corrected chi connectivity index (χ1v) is 11.9. The molecule has 2 aromatic carbocycles. The minimum absolute atomic E-state index is 0.0884. The molecule has 1 aromatic heterocycles. The van der Waals surface area contributed by atoms with Crippen LogP contribution in [0.3, 0.4) is 0 Å². The lowest BCUT2D eigenvalue weighted by molar-refractivity contribution is -0.131. The van der Waals surface area contributed by atoms with E-state index in [2.05, 4.69) is 26.2 Å². The van der Waals surface area contributed by atoms with Crippen LogP contribution >= 0.6 is 15.9 Å². The van der Waals surface area contributed by atoms with Crippen molar-refractivity contribution in [2.24, 2.45) is 5.73 Å². The molecule has 0 unspecified atom stereocenters. The van der Waals surface area contributed by atoms with Gasteiger partial charge in [-0.05, 0) is 44.3 Å². The van der Waals surface area contributed by atoms with Gasteiger partial charge in [-0.15, -0.1) is 0 Å². The number of halogens is 1. The number of aromatic nitrogens is 1. The Bertz CT molecular complexity index is 1220. The Hall–Kier alpha value is -3.72. The highest BCUT2D eigenvalue weighted by Gasteiger charge is 2.37. The summed E-state index contributed by atoms with van der Waals surface area (Å²) in [6, 6.07) is 18.7. The Labute approximate surface area is 211 Å². The topological polar surface area (TPSA) is 115 Å². The van der Waals surface area contributed by atoms with E-state index in [4.69, 9.17) is 10.5 Å². The van der Waals surface area contributed by atoms with Crippen LogP contribution in [0.5, 0.6) is 0 Å². The van der Waals surface area contributed by atoms with E-state index in [1.807, 2.05) is 54.6 Å². The van der Waals surface area contributed by atoms with Crippen LogP contribution in [0.4, 0.5) is 4.79 Å². The number of hydrogen-bond acceptors (Lipinski definition) is 5. The summed E-state index contributed by atoms with van der Waals surface area (Å²) in [7, 11) is 0. The molecule has 0 aliphatic carbocycles. The van der Waals surface area contributed by atoms with Crippen molar-refractivity contribution in [3.8, 4) is 0 Å². The second kappa shape index (κ2) is 11.1. The van der Waals surface area contributed by atoms with Gasteiger partial charge in [0.1, 0.15) is 23.3 Å². The number of amides is 3. The predicted octanol–water partition coefficient (Wildman–Crippen LogP) is 3.12. The summed E-state index contributed by atoms with van der Waals surface area (Å²) in [4.78, 5) is 44.2. The first-order chi connectivity index (χ1) is 16.9. The van der Waals surface area contributed by atoms with Gasteiger partial charge in [-0.2, -0.15) is 0 Å². The van der Waals surface area contributed by atoms with Crippen molar-refractivity contribution in [1.82, 2.24) is 15.2 Å². The zero-order valence-electron chi connectivity index (χ0n) is 18.9. The zero-order chi connectivity index (χ0) is 24.8. The molecule has 0 bridgehead atoms. The van der Waals surface area contributed by atoms with E-state index in [1.54, 1.807) is 18.3 Å². The number of carbonyl (C=O) groups is 3. The predicted molar refractivity (Wildman–Crippen MR) is 133 cm³/mol. The van der Waals surface area contributed by atoms with Gasteiger partial charge in [0, 0.05) is 19.0 Å². The SMILES string of the molecule is NC(=O)[C@@H](Cc1cccnc1Br)NC(=O)[C@@H]1Cc2ccccc2CN1C(=O)OCc1ccccc1. The van der Waals surface area contributed by atoms with Gasteiger partial charge in [0.15, 0.2) is 0 Å². The van der Waals surface area contributed by atoms with Crippen LogP contribution in [0.1, 0.15) is 22.3 Å². The maximum absolute atomic E-state index is 13.4. The highest BCUT2D eigenvalue weighted by Crippen LogP contribution is 2.25. The van der Waals surface area contributed by atoms with Crippen molar-refractivity contribution in [2.45, 2.75) is 38.1 Å². The first kappa shape index (κ1) is 24.4. The van der Waals surface area contributed by atoms with Gasteiger partial charge in [0.2, 0.25) is 11.8 Å². The summed E-state index contributed by atoms with van der Waals surface area (Å²) in [6.45, 7) is 0.308. The summed E-state index contributed by atoms with van der Waals surface area (Å²) in [5.74, 6) is -1.15. The lowest BCUT2D eigenvalue weighted by atomic mass is 9.93. The molecular weight excluding hydrogens is 512 g/mol. The molecule has 8 nitrogen and oxygen atoms in total. The monoisotopic (exact) mass is 536 g/mol. The Balaban J connectivity index is 1.52. The van der Waals surface area contributed by atoms with Crippen molar-refractivity contribution in [2.75, 3.05) is 0 Å². The van der Waals surface area contributed by atoms with Crippen LogP contribution in [0.15, 0.2) is 77.5 Å². The third-order valence-electron chi connectivity index (χ3n) is 5.91. The summed E-state index contributed by atoms with van der Waals surface area (Å²) >= 11 is 3.35. The van der Waals surface area contributed by atoms with Crippen LogP contribution in [-0.4, -0.2) is 39.9 Å². The van der Waals surface area contributed by atoms with Crippen LogP contribution in [0, 0.1) is 0 Å². The number of ether oxygens (including phenoxy) is 1. The fourth-order valence-corrected chi connectivity index (χ4v) is 4.45. The molecule has 35 heavy (non-hydrogen) atoms. The molecule has 2 heterocycles. The molecule has 4 rings (SSSR count). The second-order valence-electron chi connectivity index (χ2n) is 8.28. The number of pyridine rings is 1. The number of benzene rings is 2. The quantitative estimate of drug-likeness (QED) is 0.450. The lowest BCUT2D eigenvalue weighted by Gasteiger charge is -2.35. The number of hydrogen-bond donors (Lipinski definition) is 2. The van der Waals surface area contributed by atoms with E-state index in [-0.39, 0.29) is 19.6 Å². The maximum Gasteiger partial charge on any atom is 0.411 e. The Kier molecular flexibility index (Phi) is 7.77. The number of carbonyl (C=O) groups excluding carboxylic acids is 3. The number of nitrogens with two attached hydrogens (primary N) is 1. The fraction of sp³-hybridized carbons (Fsp3) is 0.231. The zero-order valence-corrected chi connectivity index (χ0v) is 20.5. The molecule has 0 fully saturated rings. The summed E-state index contributed by atoms with van der Waals surface area (Å²) < 4.78 is 6.10. The van der Waals surface area contributed by atoms with E-state index < -0.39 is 30.0 Å². The maximum atomic E-state index is 13.4. The van der Waals surface area contributed by atoms with Gasteiger partial charge in [-0.1, -0.05) is 60.7 Å². The van der Waals surface area contributed by atoms with Crippen molar-refractivity contribution in [1.29, 1.82) is 0 Å². The normalized spacial score (nSPS) is 15.6. The minimum atomic E-state index is -0.970. The number of fused-ring (bicyclic) bond motifs is 1. The molecule has 1 aliphatic rings. The third-order valence-corrected chi connectivity index (χ3v) is 6.63. The van der Waals surface area contributed by atoms with Crippen molar-refractivity contribution < 1.29 is 19.1 Å². The van der Waals surface area contributed by atoms with E-state index >= 15 is 0 Å². The number of nitrogens with zero attached hydrogens (tertiary/aromatic N) is 2. The van der Waals surface area contributed by atoms with Crippen molar-refractivity contribution in [3.05, 3.63) is 99.8 Å². The molecule has 1 aliphatic heterocycles. The summed E-state index contributed by atoms with van der Waals surface area (Å²) in [5.41, 5.74) is 9.08. The molecule has 0 saturated heterocycles. The van der Waals surface area contributed by atoms with E-state index in [0.29, 0.717) is 11.0 Å². The lowest BCUT2D eigenvalue weighted by Crippen LogP contribution is -2.56. The van der Waals surface area contributed by atoms with E-state index in [0.717, 1.165) is 22.3 Å². The first-order valence-electron chi connectivity index (χ1n) is 11.2. The smallest absolute Gasteiger partial charge is 0.411 e. The second-order valence-corrected chi connectivity index (χ2v) is 9.03. The van der Waals surface area contributed by atoms with Crippen LogP contribution < -0.4 is 11.1 Å². The third kappa shape index (κ3) is 6.05. The molecule has 0 radical (unpaired) electrons. The van der Waals surface area contributed by atoms with Gasteiger partial charge in [0.25, 0.3) is 0 Å². The summed E-state index contributed by atoms with van der Waals surface area (Å²) in [5, 5.41) is 2.74.